The molecule has 7 nitrogen and oxygen atoms in total. The third-order valence-electron chi connectivity index (χ3n) is 5.68. The van der Waals surface area contributed by atoms with Crippen molar-refractivity contribution < 1.29 is 24.2 Å². The largest absolute Gasteiger partial charge is 0.508 e. The highest BCUT2D eigenvalue weighted by atomic mass is 16.4. The quantitative estimate of drug-likeness (QED) is 0.320. The predicted molar refractivity (Wildman–Crippen MR) is 131 cm³/mol. The molecule has 0 bridgehead atoms. The van der Waals surface area contributed by atoms with Crippen molar-refractivity contribution in [1.29, 1.82) is 0 Å². The zero-order chi connectivity index (χ0) is 24.6. The van der Waals surface area contributed by atoms with E-state index in [-0.39, 0.29) is 24.5 Å². The molecule has 0 fully saturated rings. The molecular weight excluding hydrogens is 444 g/mol. The first-order valence-electron chi connectivity index (χ1n) is 11.3. The summed E-state index contributed by atoms with van der Waals surface area (Å²) >= 11 is 0. The molecule has 4 rings (SSSR count). The van der Waals surface area contributed by atoms with Gasteiger partial charge in [0.1, 0.15) is 18.1 Å². The normalized spacial score (nSPS) is 11.7. The minimum absolute atomic E-state index is 0.0915. The van der Waals surface area contributed by atoms with Crippen molar-refractivity contribution >= 4 is 11.9 Å². The van der Waals surface area contributed by atoms with Gasteiger partial charge in [-0.05, 0) is 53.8 Å². The number of aryl methyl sites for hydroxylation is 2. The summed E-state index contributed by atoms with van der Waals surface area (Å²) in [5, 5.41) is 22.4. The van der Waals surface area contributed by atoms with Crippen LogP contribution in [0.5, 0.6) is 5.75 Å². The highest BCUT2D eigenvalue weighted by Crippen LogP contribution is 2.22. The lowest BCUT2D eigenvalue weighted by Gasteiger charge is -2.17. The zero-order valence-corrected chi connectivity index (χ0v) is 19.1. The van der Waals surface area contributed by atoms with E-state index in [1.165, 1.54) is 6.07 Å². The average molecular weight is 471 g/mol. The number of phenols is 1. The van der Waals surface area contributed by atoms with E-state index < -0.39 is 12.0 Å². The van der Waals surface area contributed by atoms with E-state index in [2.05, 4.69) is 10.3 Å². The molecule has 35 heavy (non-hydrogen) atoms. The number of aromatic nitrogens is 1. The first kappa shape index (κ1) is 23.8. The molecule has 0 saturated heterocycles. The molecule has 1 amide bonds. The van der Waals surface area contributed by atoms with E-state index >= 15 is 0 Å². The Kier molecular flexibility index (Phi) is 7.57. The number of benzene rings is 3. The van der Waals surface area contributed by atoms with Gasteiger partial charge in [0.2, 0.25) is 11.8 Å². The Morgan fingerprint density at radius 1 is 0.914 bits per heavy atom. The van der Waals surface area contributed by atoms with Crippen LogP contribution in [0.2, 0.25) is 0 Å². The Labute approximate surface area is 203 Å². The summed E-state index contributed by atoms with van der Waals surface area (Å²) in [5.41, 5.74) is 3.97. The second-order valence-electron chi connectivity index (χ2n) is 8.29. The van der Waals surface area contributed by atoms with Gasteiger partial charge in [-0.2, -0.15) is 0 Å². The van der Waals surface area contributed by atoms with Crippen LogP contribution in [0.3, 0.4) is 0 Å². The van der Waals surface area contributed by atoms with Crippen molar-refractivity contribution in [2.75, 3.05) is 0 Å². The molecule has 4 aromatic rings. The van der Waals surface area contributed by atoms with Crippen molar-refractivity contribution in [3.8, 4) is 17.2 Å². The van der Waals surface area contributed by atoms with Crippen LogP contribution in [0.25, 0.3) is 11.5 Å². The molecule has 3 N–H and O–H groups in total. The molecule has 7 heteroatoms. The third-order valence-corrected chi connectivity index (χ3v) is 5.68. The molecule has 0 spiro atoms. The number of carbonyl (C=O) groups is 2. The molecule has 1 atom stereocenters. The lowest BCUT2D eigenvalue weighted by Crippen LogP contribution is -2.43. The number of oxazole rings is 1. The van der Waals surface area contributed by atoms with Crippen LogP contribution in [0.15, 0.2) is 89.5 Å². The van der Waals surface area contributed by atoms with Crippen molar-refractivity contribution in [3.63, 3.8) is 0 Å². The smallest absolute Gasteiger partial charge is 0.326 e. The SMILES string of the molecule is O=C(Cc1ccccc1)N[C@@H](Cc1ccc(O)cc1CCc1coc(-c2ccccc2)n1)C(=O)O. The highest BCUT2D eigenvalue weighted by Gasteiger charge is 2.22. The zero-order valence-electron chi connectivity index (χ0n) is 19.1. The topological polar surface area (TPSA) is 113 Å². The first-order valence-corrected chi connectivity index (χ1v) is 11.3. The minimum Gasteiger partial charge on any atom is -0.508 e. The summed E-state index contributed by atoms with van der Waals surface area (Å²) in [5.74, 6) is -0.855. The number of aromatic hydroxyl groups is 1. The summed E-state index contributed by atoms with van der Waals surface area (Å²) in [6.07, 6.45) is 2.87. The van der Waals surface area contributed by atoms with Gasteiger partial charge in [0.25, 0.3) is 0 Å². The van der Waals surface area contributed by atoms with E-state index in [9.17, 15) is 19.8 Å². The second kappa shape index (κ2) is 11.2. The fourth-order valence-corrected chi connectivity index (χ4v) is 3.89. The van der Waals surface area contributed by atoms with Crippen LogP contribution in [0, 0.1) is 0 Å². The van der Waals surface area contributed by atoms with Crippen molar-refractivity contribution in [2.45, 2.75) is 31.7 Å². The molecule has 1 heterocycles. The van der Waals surface area contributed by atoms with Gasteiger partial charge < -0.3 is 19.9 Å². The number of hydrogen-bond donors (Lipinski definition) is 3. The summed E-state index contributed by atoms with van der Waals surface area (Å²) in [4.78, 5) is 28.9. The first-order chi connectivity index (χ1) is 17.0. The van der Waals surface area contributed by atoms with Gasteiger partial charge in [-0.15, -0.1) is 0 Å². The number of carboxylic acids is 1. The van der Waals surface area contributed by atoms with E-state index in [0.29, 0.717) is 18.7 Å². The molecule has 0 aliphatic carbocycles. The summed E-state index contributed by atoms with van der Waals surface area (Å²) < 4.78 is 5.60. The number of nitrogens with zero attached hydrogens (tertiary/aromatic N) is 1. The lowest BCUT2D eigenvalue weighted by atomic mass is 9.96. The molecule has 0 unspecified atom stereocenters. The standard InChI is InChI=1S/C28H26N2O5/c31-24-14-12-22(17-25(28(33)34)30-26(32)15-19-7-3-1-4-8-19)21(16-24)11-13-23-18-35-27(29-23)20-9-5-2-6-10-20/h1-10,12,14,16,18,25,31H,11,13,15,17H2,(H,30,32)(H,33,34)/t25-/m0/s1. The van der Waals surface area contributed by atoms with E-state index in [1.807, 2.05) is 60.7 Å². The molecule has 178 valence electrons. The lowest BCUT2D eigenvalue weighted by molar-refractivity contribution is -0.141. The Hall–Kier alpha value is -4.39. The van der Waals surface area contributed by atoms with Gasteiger partial charge in [-0.25, -0.2) is 9.78 Å². The molecule has 0 radical (unpaired) electrons. The molecule has 1 aromatic heterocycles. The molecular formula is C28H26N2O5. The van der Waals surface area contributed by atoms with Gasteiger partial charge in [0, 0.05) is 12.0 Å². The summed E-state index contributed by atoms with van der Waals surface area (Å²) in [6.45, 7) is 0. The summed E-state index contributed by atoms with van der Waals surface area (Å²) in [7, 11) is 0. The van der Waals surface area contributed by atoms with Gasteiger partial charge in [-0.3, -0.25) is 4.79 Å². The number of carbonyl (C=O) groups excluding carboxylic acids is 1. The van der Waals surface area contributed by atoms with Crippen molar-refractivity contribution in [1.82, 2.24) is 10.3 Å². The maximum Gasteiger partial charge on any atom is 0.326 e. The predicted octanol–water partition coefficient (Wildman–Crippen LogP) is 4.19. The Balaban J connectivity index is 1.43. The number of carboxylic acid groups (broad SMARTS) is 1. The molecule has 0 aliphatic heterocycles. The minimum atomic E-state index is -1.12. The van der Waals surface area contributed by atoms with Gasteiger partial charge in [0.05, 0.1) is 12.1 Å². The molecule has 0 saturated carbocycles. The fraction of sp³-hybridized carbons (Fsp3) is 0.179. The maximum absolute atomic E-state index is 12.5. The molecule has 3 aromatic carbocycles. The fourth-order valence-electron chi connectivity index (χ4n) is 3.89. The Morgan fingerprint density at radius 3 is 2.34 bits per heavy atom. The van der Waals surface area contributed by atoms with Gasteiger partial charge in [-0.1, -0.05) is 54.6 Å². The van der Waals surface area contributed by atoms with Crippen molar-refractivity contribution in [3.05, 3.63) is 108 Å². The molecule has 0 aliphatic rings. The number of nitrogens with one attached hydrogen (secondary N) is 1. The van der Waals surface area contributed by atoms with Crippen molar-refractivity contribution in [2.24, 2.45) is 0 Å². The average Bonchev–Trinajstić information content (AvgIpc) is 3.34. The van der Waals surface area contributed by atoms with Crippen LogP contribution in [0.4, 0.5) is 0 Å². The number of phenolic OH excluding ortho intramolecular Hbond substituents is 1. The van der Waals surface area contributed by atoms with Crippen LogP contribution >= 0.6 is 0 Å². The van der Waals surface area contributed by atoms with Crippen LogP contribution in [-0.4, -0.2) is 33.1 Å². The Morgan fingerprint density at radius 2 is 1.63 bits per heavy atom. The van der Waals surface area contributed by atoms with E-state index in [1.54, 1.807) is 18.4 Å². The van der Waals surface area contributed by atoms with E-state index in [0.717, 1.165) is 27.9 Å². The van der Waals surface area contributed by atoms with Gasteiger partial charge in [0.15, 0.2) is 0 Å². The Bertz CT molecular complexity index is 1290. The third kappa shape index (κ3) is 6.57. The number of hydrogen-bond acceptors (Lipinski definition) is 5. The number of aliphatic carboxylic acids is 1. The van der Waals surface area contributed by atoms with Crippen LogP contribution in [0.1, 0.15) is 22.4 Å². The van der Waals surface area contributed by atoms with Gasteiger partial charge >= 0.3 is 5.97 Å². The highest BCUT2D eigenvalue weighted by molar-refractivity contribution is 5.85. The van der Waals surface area contributed by atoms with E-state index in [4.69, 9.17) is 4.42 Å². The second-order valence-corrected chi connectivity index (χ2v) is 8.29. The number of amides is 1. The number of rotatable bonds is 10. The van der Waals surface area contributed by atoms with Crippen LogP contribution in [-0.2, 0) is 35.3 Å². The van der Waals surface area contributed by atoms with Crippen LogP contribution < -0.4 is 5.32 Å². The maximum atomic E-state index is 12.5. The monoisotopic (exact) mass is 470 g/mol. The summed E-state index contributed by atoms with van der Waals surface area (Å²) in [6, 6.07) is 22.5.